The van der Waals surface area contributed by atoms with Crippen molar-refractivity contribution in [3.8, 4) is 0 Å². The minimum atomic E-state index is -0.473. The van der Waals surface area contributed by atoms with Crippen LogP contribution < -0.4 is 15.5 Å². The number of nitro groups is 1. The van der Waals surface area contributed by atoms with Crippen LogP contribution in [-0.2, 0) is 0 Å². The van der Waals surface area contributed by atoms with Gasteiger partial charge in [-0.2, -0.15) is 0 Å². The third-order valence-electron chi connectivity index (χ3n) is 6.06. The zero-order valence-corrected chi connectivity index (χ0v) is 19.1. The van der Waals surface area contributed by atoms with Crippen molar-refractivity contribution in [2.24, 2.45) is 0 Å². The fraction of sp³-hybridized carbons (Fsp3) is 0.545. The third kappa shape index (κ3) is 6.51. The van der Waals surface area contributed by atoms with Gasteiger partial charge in [-0.05, 0) is 41.2 Å². The van der Waals surface area contributed by atoms with E-state index in [4.69, 9.17) is 5.73 Å². The van der Waals surface area contributed by atoms with E-state index in [2.05, 4.69) is 43.4 Å². The highest BCUT2D eigenvalue weighted by Gasteiger charge is 2.18. The molecular weight excluding hydrogens is 408 g/mol. The van der Waals surface area contributed by atoms with Crippen molar-refractivity contribution >= 4 is 23.0 Å². The number of hydrogen-bond donors (Lipinski definition) is 1. The summed E-state index contributed by atoms with van der Waals surface area (Å²) in [4.78, 5) is 27.4. The first kappa shape index (κ1) is 23.7. The molecule has 4 heterocycles. The van der Waals surface area contributed by atoms with E-state index in [1.54, 1.807) is 12.3 Å². The Labute approximate surface area is 189 Å². The minimum absolute atomic E-state index is 0.0963. The number of nitrogens with zero attached hydrogens (tertiary/aromatic N) is 7. The molecule has 2 aromatic heterocycles. The van der Waals surface area contributed by atoms with E-state index in [0.717, 1.165) is 71.1 Å². The van der Waals surface area contributed by atoms with Crippen molar-refractivity contribution in [1.29, 1.82) is 0 Å². The summed E-state index contributed by atoms with van der Waals surface area (Å²) in [6, 6.07) is 7.14. The molecule has 10 heteroatoms. The minimum Gasteiger partial charge on any atom is -0.384 e. The smallest absolute Gasteiger partial charge is 0.363 e. The van der Waals surface area contributed by atoms with Crippen LogP contribution in [0.4, 0.5) is 23.0 Å². The first-order valence-electron chi connectivity index (χ1n) is 11.3. The molecule has 2 saturated heterocycles. The molecule has 10 nitrogen and oxygen atoms in total. The lowest BCUT2D eigenvalue weighted by Crippen LogP contribution is -2.46. The number of nitrogens with two attached hydrogens (primary N) is 1. The summed E-state index contributed by atoms with van der Waals surface area (Å²) in [5.74, 6) is 0.492. The number of piperazine rings is 2. The van der Waals surface area contributed by atoms with Crippen LogP contribution in [-0.4, -0.2) is 90.1 Å². The number of aromatic nitrogens is 2. The van der Waals surface area contributed by atoms with Crippen LogP contribution in [0.15, 0.2) is 36.7 Å². The molecule has 0 amide bonds. The number of likely N-dealkylation sites (N-methyl/N-ethyl adjacent to an activating group) is 2. The zero-order valence-electron chi connectivity index (χ0n) is 19.1. The fourth-order valence-corrected chi connectivity index (χ4v) is 3.90. The molecule has 4 rings (SSSR count). The second-order valence-corrected chi connectivity index (χ2v) is 7.92. The van der Waals surface area contributed by atoms with E-state index in [1.807, 2.05) is 18.3 Å². The normalized spacial score (nSPS) is 17.6. The molecule has 0 saturated carbocycles. The topological polar surface area (TPSA) is 108 Å². The number of nitrogen functional groups attached to an aromatic ring is 1. The number of anilines is 3. The quantitative estimate of drug-likeness (QED) is 0.549. The van der Waals surface area contributed by atoms with Crippen molar-refractivity contribution in [3.05, 3.63) is 46.8 Å². The van der Waals surface area contributed by atoms with Crippen LogP contribution in [0.3, 0.4) is 0 Å². The van der Waals surface area contributed by atoms with Gasteiger partial charge in [0.25, 0.3) is 0 Å². The highest BCUT2D eigenvalue weighted by atomic mass is 16.6. The average molecular weight is 443 g/mol. The SMILES string of the molecule is CCN1CCN(c2ccc(N)nc2)CC1.CCN1CCN(c2ccc([N+](=O)[O-])nc2)CC1. The maximum Gasteiger partial charge on any atom is 0.363 e. The van der Waals surface area contributed by atoms with E-state index in [9.17, 15) is 10.1 Å². The Bertz CT molecular complexity index is 830. The lowest BCUT2D eigenvalue weighted by molar-refractivity contribution is -0.389. The highest BCUT2D eigenvalue weighted by Crippen LogP contribution is 2.18. The largest absolute Gasteiger partial charge is 0.384 e. The first-order chi connectivity index (χ1) is 15.5. The maximum atomic E-state index is 10.5. The molecule has 0 unspecified atom stereocenters. The van der Waals surface area contributed by atoms with Gasteiger partial charge in [0.05, 0.1) is 17.6 Å². The van der Waals surface area contributed by atoms with Crippen molar-refractivity contribution in [3.63, 3.8) is 0 Å². The predicted molar refractivity (Wildman–Crippen MR) is 128 cm³/mol. The Morgan fingerprint density at radius 3 is 1.62 bits per heavy atom. The van der Waals surface area contributed by atoms with Gasteiger partial charge in [-0.15, -0.1) is 0 Å². The Kier molecular flexibility index (Phi) is 8.57. The third-order valence-corrected chi connectivity index (χ3v) is 6.06. The van der Waals surface area contributed by atoms with Crippen LogP contribution in [0.1, 0.15) is 13.8 Å². The van der Waals surface area contributed by atoms with Gasteiger partial charge in [-0.25, -0.2) is 4.98 Å². The molecular formula is C22H34N8O2. The van der Waals surface area contributed by atoms with E-state index in [0.29, 0.717) is 5.82 Å². The molecule has 2 fully saturated rings. The molecule has 2 aliphatic heterocycles. The second kappa shape index (κ2) is 11.6. The molecule has 2 aliphatic rings. The van der Waals surface area contributed by atoms with Gasteiger partial charge in [-0.3, -0.25) is 0 Å². The van der Waals surface area contributed by atoms with Gasteiger partial charge < -0.3 is 35.4 Å². The monoisotopic (exact) mass is 442 g/mol. The number of rotatable bonds is 5. The van der Waals surface area contributed by atoms with E-state index < -0.39 is 4.92 Å². The summed E-state index contributed by atoms with van der Waals surface area (Å²) >= 11 is 0. The van der Waals surface area contributed by atoms with Crippen LogP contribution in [0.25, 0.3) is 0 Å². The van der Waals surface area contributed by atoms with Gasteiger partial charge in [0, 0.05) is 58.4 Å². The molecule has 2 aromatic rings. The summed E-state index contributed by atoms with van der Waals surface area (Å²) in [6.07, 6.45) is 3.44. The first-order valence-corrected chi connectivity index (χ1v) is 11.3. The molecule has 0 atom stereocenters. The van der Waals surface area contributed by atoms with Crippen molar-refractivity contribution < 1.29 is 4.92 Å². The fourth-order valence-electron chi connectivity index (χ4n) is 3.90. The van der Waals surface area contributed by atoms with Crippen LogP contribution in [0.5, 0.6) is 0 Å². The standard InChI is InChI=1S/C11H16N4O2.C11H18N4/c1-2-13-5-7-14(8-6-13)10-3-4-11(12-9-10)15(16)17;1-2-14-5-7-15(8-6-14)10-3-4-11(12)13-9-10/h3-4,9H,2,5-8H2,1H3;3-4,9H,2,5-8H2,1H3,(H2,12,13). The summed E-state index contributed by atoms with van der Waals surface area (Å²) in [6.45, 7) is 15.0. The van der Waals surface area contributed by atoms with E-state index >= 15 is 0 Å². The van der Waals surface area contributed by atoms with Gasteiger partial charge in [0.1, 0.15) is 5.82 Å². The Morgan fingerprint density at radius 1 is 0.812 bits per heavy atom. The molecule has 0 bridgehead atoms. The lowest BCUT2D eigenvalue weighted by Gasteiger charge is -2.35. The van der Waals surface area contributed by atoms with Gasteiger partial charge in [-0.1, -0.05) is 13.8 Å². The van der Waals surface area contributed by atoms with Crippen LogP contribution >= 0.6 is 0 Å². The van der Waals surface area contributed by atoms with Crippen LogP contribution in [0.2, 0.25) is 0 Å². The summed E-state index contributed by atoms with van der Waals surface area (Å²) in [5.41, 5.74) is 7.71. The Morgan fingerprint density at radius 2 is 1.28 bits per heavy atom. The van der Waals surface area contributed by atoms with Crippen molar-refractivity contribution in [1.82, 2.24) is 19.8 Å². The molecule has 0 aliphatic carbocycles. The van der Waals surface area contributed by atoms with Crippen molar-refractivity contribution in [2.45, 2.75) is 13.8 Å². The Hall–Kier alpha value is -2.98. The van der Waals surface area contributed by atoms with Crippen LogP contribution in [0, 0.1) is 10.1 Å². The maximum absolute atomic E-state index is 10.5. The van der Waals surface area contributed by atoms with Gasteiger partial charge in [0.2, 0.25) is 0 Å². The lowest BCUT2D eigenvalue weighted by atomic mass is 10.3. The van der Waals surface area contributed by atoms with Crippen molar-refractivity contribution in [2.75, 3.05) is 81.0 Å². The molecule has 0 radical (unpaired) electrons. The summed E-state index contributed by atoms with van der Waals surface area (Å²) in [7, 11) is 0. The average Bonchev–Trinajstić information content (AvgIpc) is 2.85. The highest BCUT2D eigenvalue weighted by molar-refractivity contribution is 5.48. The molecule has 0 spiro atoms. The second-order valence-electron chi connectivity index (χ2n) is 7.92. The molecule has 174 valence electrons. The predicted octanol–water partition coefficient (Wildman–Crippen LogP) is 1.94. The van der Waals surface area contributed by atoms with Gasteiger partial charge in [0.15, 0.2) is 6.20 Å². The zero-order chi connectivity index (χ0) is 22.9. The molecule has 2 N–H and O–H groups in total. The van der Waals surface area contributed by atoms with Gasteiger partial charge >= 0.3 is 5.82 Å². The molecule has 0 aromatic carbocycles. The summed E-state index contributed by atoms with van der Waals surface area (Å²) in [5, 5.41) is 10.5. The Balaban J connectivity index is 0.000000182. The van der Waals surface area contributed by atoms with E-state index in [-0.39, 0.29) is 5.82 Å². The number of pyridine rings is 2. The summed E-state index contributed by atoms with van der Waals surface area (Å²) < 4.78 is 0. The van der Waals surface area contributed by atoms with E-state index in [1.165, 1.54) is 11.8 Å². The molecule has 32 heavy (non-hydrogen) atoms. The number of hydrogen-bond acceptors (Lipinski definition) is 9.